The molecule has 0 spiro atoms. The molecule has 266 valence electrons. The second-order valence-corrected chi connectivity index (χ2v) is 13.8. The Balaban J connectivity index is 1.63. The first-order valence-corrected chi connectivity index (χ1v) is 17.3. The summed E-state index contributed by atoms with van der Waals surface area (Å²) in [6.45, 7) is 12.4. The molecule has 1 aliphatic rings. The molecule has 11 heteroatoms. The van der Waals surface area contributed by atoms with E-state index in [0.717, 1.165) is 62.9 Å². The molecule has 5 rings (SSSR count). The molecule has 50 heavy (non-hydrogen) atoms. The largest absolute Gasteiger partial charge is 0.508 e. The summed E-state index contributed by atoms with van der Waals surface area (Å²) in [4.78, 5) is 41.5. The number of fused-ring (bicyclic) bond motifs is 1. The number of aromatic nitrogens is 2. The second kappa shape index (κ2) is 15.9. The van der Waals surface area contributed by atoms with Crippen molar-refractivity contribution in [2.75, 3.05) is 26.8 Å². The Bertz CT molecular complexity index is 1840. The third-order valence-corrected chi connectivity index (χ3v) is 9.32. The molecule has 0 saturated carbocycles. The van der Waals surface area contributed by atoms with Crippen molar-refractivity contribution >= 4 is 29.2 Å². The first-order chi connectivity index (χ1) is 24.0. The van der Waals surface area contributed by atoms with Gasteiger partial charge in [0.05, 0.1) is 24.1 Å². The highest BCUT2D eigenvalue weighted by atomic mass is 16.5. The van der Waals surface area contributed by atoms with E-state index in [-0.39, 0.29) is 42.1 Å². The molecule has 2 aromatic carbocycles. The zero-order valence-electron chi connectivity index (χ0n) is 29.9. The van der Waals surface area contributed by atoms with Gasteiger partial charge in [0, 0.05) is 68.2 Å². The molecule has 3 N–H and O–H groups in total. The maximum Gasteiger partial charge on any atom is 0.293 e. The van der Waals surface area contributed by atoms with Gasteiger partial charge in [-0.3, -0.25) is 24.4 Å². The van der Waals surface area contributed by atoms with Crippen LogP contribution in [-0.2, 0) is 43.2 Å². The van der Waals surface area contributed by atoms with Crippen LogP contribution in [0, 0.1) is 5.41 Å². The maximum atomic E-state index is 13.5. The lowest BCUT2D eigenvalue weighted by Crippen LogP contribution is -2.55. The summed E-state index contributed by atoms with van der Waals surface area (Å²) in [6.07, 6.45) is 4.24. The number of hydrazine groups is 1. The second-order valence-electron chi connectivity index (χ2n) is 13.8. The number of carbonyl (C=O) groups excluding carboxylic acids is 3. The molecule has 4 aromatic rings. The van der Waals surface area contributed by atoms with Crippen LogP contribution in [-0.4, -0.2) is 70.8 Å². The van der Waals surface area contributed by atoms with Crippen LogP contribution in [0.3, 0.4) is 0 Å². The minimum Gasteiger partial charge on any atom is -0.508 e. The van der Waals surface area contributed by atoms with Gasteiger partial charge in [0.15, 0.2) is 0 Å². The molecule has 2 atom stereocenters. The average molecular weight is 684 g/mol. The van der Waals surface area contributed by atoms with Crippen molar-refractivity contribution < 1.29 is 29.0 Å². The number of amides is 2. The smallest absolute Gasteiger partial charge is 0.293 e. The lowest BCUT2D eigenvalue weighted by atomic mass is 9.84. The van der Waals surface area contributed by atoms with Crippen LogP contribution in [0.15, 0.2) is 54.7 Å². The summed E-state index contributed by atoms with van der Waals surface area (Å²) in [6, 6.07) is 14.8. The van der Waals surface area contributed by atoms with Gasteiger partial charge in [-0.15, -0.1) is 0 Å². The van der Waals surface area contributed by atoms with Crippen molar-refractivity contribution in [2.45, 2.75) is 79.0 Å². The highest BCUT2D eigenvalue weighted by molar-refractivity contribution is 5.95. The Morgan fingerprint density at radius 1 is 1.14 bits per heavy atom. The zero-order valence-corrected chi connectivity index (χ0v) is 29.9. The van der Waals surface area contributed by atoms with E-state index in [0.29, 0.717) is 32.5 Å². The van der Waals surface area contributed by atoms with Crippen LogP contribution in [0.1, 0.15) is 70.4 Å². The average Bonchev–Trinajstić information content (AvgIpc) is 3.41. The molecule has 0 bridgehead atoms. The van der Waals surface area contributed by atoms with E-state index in [1.54, 1.807) is 30.4 Å². The summed E-state index contributed by atoms with van der Waals surface area (Å²) >= 11 is 0. The molecule has 1 aliphatic heterocycles. The van der Waals surface area contributed by atoms with E-state index in [1.165, 1.54) is 6.92 Å². The number of methoxy groups -OCH3 is 1. The SMILES string of the molecule is CCn1c(-c2cccnc2C(C)OC)c(CC(C)(C)COC=O)c2cc(-c3cc(O)cc(CC(NC(C)=O)C(=O)N4CCCCN4)c3)ccc21. The van der Waals surface area contributed by atoms with Crippen LogP contribution >= 0.6 is 0 Å². The van der Waals surface area contributed by atoms with Gasteiger partial charge >= 0.3 is 0 Å². The quantitative estimate of drug-likeness (QED) is 0.144. The Morgan fingerprint density at radius 3 is 2.62 bits per heavy atom. The number of benzene rings is 2. The van der Waals surface area contributed by atoms with Crippen LogP contribution in [0.2, 0.25) is 0 Å². The van der Waals surface area contributed by atoms with Crippen LogP contribution < -0.4 is 10.7 Å². The number of phenols is 1. The normalized spacial score (nSPS) is 14.7. The number of ether oxygens (including phenoxy) is 2. The van der Waals surface area contributed by atoms with Crippen LogP contribution in [0.4, 0.5) is 0 Å². The molecule has 3 heterocycles. The Hall–Kier alpha value is -4.74. The number of aryl methyl sites for hydroxylation is 1. The summed E-state index contributed by atoms with van der Waals surface area (Å²) in [7, 11) is 1.67. The predicted molar refractivity (Wildman–Crippen MR) is 193 cm³/mol. The van der Waals surface area contributed by atoms with E-state index in [1.807, 2.05) is 25.1 Å². The monoisotopic (exact) mass is 683 g/mol. The Kier molecular flexibility index (Phi) is 11.6. The number of hydrogen-bond donors (Lipinski definition) is 3. The van der Waals surface area contributed by atoms with Gasteiger partial charge in [0.25, 0.3) is 12.4 Å². The number of hydrogen-bond acceptors (Lipinski definition) is 8. The minimum atomic E-state index is -0.790. The number of nitrogens with one attached hydrogen (secondary N) is 2. The van der Waals surface area contributed by atoms with Crippen molar-refractivity contribution in [1.82, 2.24) is 25.3 Å². The third-order valence-electron chi connectivity index (χ3n) is 9.32. The first-order valence-electron chi connectivity index (χ1n) is 17.3. The van der Waals surface area contributed by atoms with E-state index >= 15 is 0 Å². The number of carbonyl (C=O) groups is 3. The van der Waals surface area contributed by atoms with E-state index < -0.39 is 6.04 Å². The Morgan fingerprint density at radius 2 is 1.94 bits per heavy atom. The molecular weight excluding hydrogens is 634 g/mol. The van der Waals surface area contributed by atoms with Gasteiger partial charge in [0.2, 0.25) is 5.91 Å². The number of pyridine rings is 1. The fourth-order valence-corrected chi connectivity index (χ4v) is 6.97. The van der Waals surface area contributed by atoms with Gasteiger partial charge in [-0.1, -0.05) is 26.0 Å². The van der Waals surface area contributed by atoms with Crippen molar-refractivity contribution in [3.63, 3.8) is 0 Å². The van der Waals surface area contributed by atoms with Gasteiger partial charge in [-0.2, -0.15) is 0 Å². The van der Waals surface area contributed by atoms with Gasteiger partial charge in [-0.25, -0.2) is 5.43 Å². The minimum absolute atomic E-state index is 0.0652. The number of phenolic OH excluding ortho intramolecular Hbond substituents is 1. The molecule has 1 fully saturated rings. The molecule has 11 nitrogen and oxygen atoms in total. The van der Waals surface area contributed by atoms with Crippen LogP contribution in [0.25, 0.3) is 33.3 Å². The molecule has 2 amide bonds. The van der Waals surface area contributed by atoms with Gasteiger partial charge in [0.1, 0.15) is 11.8 Å². The molecule has 1 saturated heterocycles. The topological polar surface area (TPSA) is 135 Å². The van der Waals surface area contributed by atoms with E-state index in [2.05, 4.69) is 54.3 Å². The van der Waals surface area contributed by atoms with E-state index in [4.69, 9.17) is 14.5 Å². The molecule has 2 aromatic heterocycles. The highest BCUT2D eigenvalue weighted by Gasteiger charge is 2.30. The van der Waals surface area contributed by atoms with Crippen molar-refractivity contribution in [3.05, 3.63) is 71.5 Å². The lowest BCUT2D eigenvalue weighted by molar-refractivity contribution is -0.140. The van der Waals surface area contributed by atoms with Crippen molar-refractivity contribution in [3.8, 4) is 28.1 Å². The fourth-order valence-electron chi connectivity index (χ4n) is 6.97. The predicted octanol–water partition coefficient (Wildman–Crippen LogP) is 5.72. The summed E-state index contributed by atoms with van der Waals surface area (Å²) in [5.41, 5.74) is 10.1. The van der Waals surface area contributed by atoms with Crippen molar-refractivity contribution in [1.29, 1.82) is 0 Å². The number of aromatic hydroxyl groups is 1. The van der Waals surface area contributed by atoms with Crippen molar-refractivity contribution in [2.24, 2.45) is 5.41 Å². The first kappa shape index (κ1) is 36.5. The summed E-state index contributed by atoms with van der Waals surface area (Å²) in [5.74, 6) is -0.438. The molecule has 0 aliphatic carbocycles. The standard InChI is InChI=1S/C39H49N5O6/c1-7-43-35-13-12-28(29-17-27(18-30(47)20-29)19-34(42-26(3)46)38(48)44-16-9-8-15-41-44)21-32(35)33(22-39(4,5)23-50-24-45)37(43)31-11-10-14-40-36(31)25(2)49-6/h10-14,17-18,20-21,24-25,34,41,47H,7-9,15-16,19,22-23H2,1-6H3,(H,42,46). The molecule has 2 unspecified atom stereocenters. The maximum absolute atomic E-state index is 13.5. The molecular formula is C39H49N5O6. The summed E-state index contributed by atoms with van der Waals surface area (Å²) in [5, 5.41) is 16.4. The third kappa shape index (κ3) is 8.17. The van der Waals surface area contributed by atoms with E-state index in [9.17, 15) is 19.5 Å². The molecule has 0 radical (unpaired) electrons. The Labute approximate surface area is 293 Å². The number of rotatable bonds is 14. The van der Waals surface area contributed by atoms with Gasteiger partial charge in [-0.05, 0) is 91.8 Å². The zero-order chi connectivity index (χ0) is 36.0. The lowest BCUT2D eigenvalue weighted by Gasteiger charge is -2.31. The van der Waals surface area contributed by atoms with Gasteiger partial charge < -0.3 is 24.5 Å². The summed E-state index contributed by atoms with van der Waals surface area (Å²) < 4.78 is 13.3. The fraction of sp³-hybridized carbons (Fsp3) is 0.436. The van der Waals surface area contributed by atoms with Crippen LogP contribution in [0.5, 0.6) is 5.75 Å². The number of nitrogens with zero attached hydrogens (tertiary/aromatic N) is 3. The highest BCUT2D eigenvalue weighted by Crippen LogP contribution is 2.42.